The Hall–Kier alpha value is -2.64. The van der Waals surface area contributed by atoms with Crippen molar-refractivity contribution in [2.24, 2.45) is 0 Å². The molecule has 3 aromatic rings. The summed E-state index contributed by atoms with van der Waals surface area (Å²) < 4.78 is 47.2. The Morgan fingerprint density at radius 3 is 2.34 bits per heavy atom. The van der Waals surface area contributed by atoms with Crippen LogP contribution in [0.4, 0.5) is 11.4 Å². The van der Waals surface area contributed by atoms with Gasteiger partial charge in [0.25, 0.3) is 0 Å². The minimum Gasteiger partial charge on any atom is -0.399 e. The van der Waals surface area contributed by atoms with Crippen LogP contribution in [-0.2, 0) is 36.9 Å². The van der Waals surface area contributed by atoms with Crippen LogP contribution in [0.3, 0.4) is 0 Å². The van der Waals surface area contributed by atoms with E-state index in [-0.39, 0.29) is 10.6 Å². The fourth-order valence-electron chi connectivity index (χ4n) is 3.18. The first kappa shape index (κ1) is 24.0. The van der Waals surface area contributed by atoms with E-state index in [2.05, 4.69) is 0 Å². The highest BCUT2D eigenvalue weighted by atomic mass is 32.2. The molecule has 3 rings (SSSR count). The average molecular weight is 475 g/mol. The van der Waals surface area contributed by atoms with Crippen LogP contribution in [0.15, 0.2) is 71.6 Å². The molecule has 0 bridgehead atoms. The van der Waals surface area contributed by atoms with Gasteiger partial charge in [-0.3, -0.25) is 4.57 Å². The van der Waals surface area contributed by atoms with Gasteiger partial charge in [-0.15, -0.1) is 0 Å². The van der Waals surface area contributed by atoms with E-state index in [0.717, 1.165) is 22.9 Å². The first-order valence-corrected chi connectivity index (χ1v) is 13.4. The van der Waals surface area contributed by atoms with Gasteiger partial charge in [-0.25, -0.2) is 8.42 Å². The third kappa shape index (κ3) is 6.68. The van der Waals surface area contributed by atoms with Crippen molar-refractivity contribution in [2.45, 2.75) is 18.1 Å². The van der Waals surface area contributed by atoms with Gasteiger partial charge in [-0.2, -0.15) is 0 Å². The lowest BCUT2D eigenvalue weighted by atomic mass is 10.0. The number of ether oxygens (including phenoxy) is 1. The van der Waals surface area contributed by atoms with E-state index in [1.807, 2.05) is 54.6 Å². The summed E-state index contributed by atoms with van der Waals surface area (Å²) in [6.07, 6.45) is 1.43. The summed E-state index contributed by atoms with van der Waals surface area (Å²) in [6.45, 7) is 0.927. The quantitative estimate of drug-likeness (QED) is 0.257. The lowest BCUT2D eigenvalue weighted by Crippen LogP contribution is -2.05. The number of benzene rings is 3. The molecule has 7 nitrogen and oxygen atoms in total. The van der Waals surface area contributed by atoms with E-state index in [1.165, 1.54) is 6.07 Å². The predicted molar refractivity (Wildman–Crippen MR) is 129 cm³/mol. The van der Waals surface area contributed by atoms with Crippen LogP contribution in [-0.4, -0.2) is 27.4 Å². The van der Waals surface area contributed by atoms with Crippen LogP contribution >= 0.6 is 8.03 Å². The Labute approximate surface area is 189 Å². The Balaban J connectivity index is 1.58. The van der Waals surface area contributed by atoms with Gasteiger partial charge in [0.05, 0.1) is 30.4 Å². The maximum Gasteiger partial charge on any atom is 0.194 e. The number of hydrogen-bond donors (Lipinski definition) is 2. The molecule has 1 atom stereocenters. The maximum atomic E-state index is 12.1. The maximum absolute atomic E-state index is 12.1. The molecule has 0 fully saturated rings. The molecule has 0 amide bonds. The Morgan fingerprint density at radius 1 is 0.906 bits per heavy atom. The molecule has 9 heteroatoms. The van der Waals surface area contributed by atoms with Gasteiger partial charge in [0, 0.05) is 23.7 Å². The summed E-state index contributed by atoms with van der Waals surface area (Å²) in [6, 6.07) is 20.0. The van der Waals surface area contributed by atoms with Crippen molar-refractivity contribution >= 4 is 29.2 Å². The van der Waals surface area contributed by atoms with Crippen molar-refractivity contribution in [3.8, 4) is 11.1 Å². The molecular formula is C23H27N2O5PS. The lowest BCUT2D eigenvalue weighted by molar-refractivity contribution is 0.133. The molecule has 0 radical (unpaired) electrons. The summed E-state index contributed by atoms with van der Waals surface area (Å²) in [7, 11) is -5.70. The summed E-state index contributed by atoms with van der Waals surface area (Å²) in [5.41, 5.74) is 15.6. The smallest absolute Gasteiger partial charge is 0.194 e. The molecule has 4 N–H and O–H groups in total. The average Bonchev–Trinajstić information content (AvgIpc) is 2.77. The van der Waals surface area contributed by atoms with Gasteiger partial charge in [-0.05, 0) is 34.9 Å². The third-order valence-electron chi connectivity index (χ3n) is 4.76. The lowest BCUT2D eigenvalue weighted by Gasteiger charge is -2.13. The van der Waals surface area contributed by atoms with E-state index in [1.54, 1.807) is 6.07 Å². The van der Waals surface area contributed by atoms with Crippen molar-refractivity contribution < 1.29 is 22.2 Å². The normalized spacial score (nSPS) is 12.5. The monoisotopic (exact) mass is 474 g/mol. The van der Waals surface area contributed by atoms with Gasteiger partial charge in [0.1, 0.15) is 0 Å². The molecule has 0 aliphatic rings. The highest BCUT2D eigenvalue weighted by molar-refractivity contribution is 7.90. The van der Waals surface area contributed by atoms with Gasteiger partial charge in [-0.1, -0.05) is 48.5 Å². The van der Waals surface area contributed by atoms with E-state index in [0.29, 0.717) is 37.2 Å². The fourth-order valence-corrected chi connectivity index (χ4v) is 4.82. The van der Waals surface area contributed by atoms with Gasteiger partial charge < -0.3 is 20.7 Å². The van der Waals surface area contributed by atoms with Gasteiger partial charge >= 0.3 is 0 Å². The van der Waals surface area contributed by atoms with E-state index >= 15 is 0 Å². The number of anilines is 2. The van der Waals surface area contributed by atoms with E-state index in [9.17, 15) is 13.0 Å². The SMILES string of the molecule is CS(=O)(=O)c1cc(N)cc(-c2cccc(COCC[PH](=O)OCc3ccccc3)c2)c1N. The number of rotatable bonds is 10. The van der Waals surface area contributed by atoms with Crippen LogP contribution in [0.25, 0.3) is 11.1 Å². The standard InChI is InChI=1S/C23H27N2O5PS/c1-32(27,28)22-14-20(24)13-21(23(22)25)19-9-5-8-18(12-19)15-29-10-11-31(26)30-16-17-6-3-2-4-7-17/h2-9,12-14,31H,10-11,15-16,24-25H2,1H3. The molecule has 0 heterocycles. The molecule has 0 saturated carbocycles. The Morgan fingerprint density at radius 2 is 1.62 bits per heavy atom. The minimum absolute atomic E-state index is 0.00906. The minimum atomic E-state index is -3.51. The molecule has 0 aromatic heterocycles. The number of nitrogen functional groups attached to an aromatic ring is 2. The second kappa shape index (κ2) is 10.8. The number of sulfone groups is 1. The van der Waals surface area contributed by atoms with Crippen LogP contribution < -0.4 is 11.5 Å². The fraction of sp³-hybridized carbons (Fsp3) is 0.217. The van der Waals surface area contributed by atoms with Crippen LogP contribution in [0.2, 0.25) is 0 Å². The van der Waals surface area contributed by atoms with Crippen molar-refractivity contribution in [2.75, 3.05) is 30.5 Å². The largest absolute Gasteiger partial charge is 0.399 e. The van der Waals surface area contributed by atoms with Crippen LogP contribution in [0.5, 0.6) is 0 Å². The molecule has 32 heavy (non-hydrogen) atoms. The zero-order valence-electron chi connectivity index (χ0n) is 17.8. The van der Waals surface area contributed by atoms with E-state index < -0.39 is 17.9 Å². The van der Waals surface area contributed by atoms with Crippen molar-refractivity contribution in [3.63, 3.8) is 0 Å². The predicted octanol–water partition coefficient (Wildman–Crippen LogP) is 4.13. The van der Waals surface area contributed by atoms with E-state index in [4.69, 9.17) is 20.7 Å². The zero-order valence-corrected chi connectivity index (χ0v) is 19.6. The molecule has 0 saturated heterocycles. The summed E-state index contributed by atoms with van der Waals surface area (Å²) in [5.74, 6) is 0. The second-order valence-corrected chi connectivity index (χ2v) is 10.9. The number of hydrogen-bond acceptors (Lipinski definition) is 7. The van der Waals surface area contributed by atoms with Crippen LogP contribution in [0, 0.1) is 0 Å². The first-order valence-electron chi connectivity index (χ1n) is 9.99. The Bertz CT molecular complexity index is 1200. The molecular weight excluding hydrogens is 447 g/mol. The van der Waals surface area contributed by atoms with Crippen LogP contribution in [0.1, 0.15) is 11.1 Å². The highest BCUT2D eigenvalue weighted by Crippen LogP contribution is 2.34. The summed E-state index contributed by atoms with van der Waals surface area (Å²) >= 11 is 0. The molecule has 3 aromatic carbocycles. The second-order valence-electron chi connectivity index (χ2n) is 7.40. The first-order chi connectivity index (χ1) is 15.2. The third-order valence-corrected chi connectivity index (χ3v) is 6.98. The summed E-state index contributed by atoms with van der Waals surface area (Å²) in [5, 5.41) is 0. The topological polar surface area (TPSA) is 122 Å². The molecule has 1 unspecified atom stereocenters. The van der Waals surface area contributed by atoms with Crippen molar-refractivity contribution in [3.05, 3.63) is 77.9 Å². The van der Waals surface area contributed by atoms with Gasteiger partial charge in [0.15, 0.2) is 17.9 Å². The zero-order chi connectivity index (χ0) is 23.1. The van der Waals surface area contributed by atoms with Crippen molar-refractivity contribution in [1.82, 2.24) is 0 Å². The molecule has 0 spiro atoms. The van der Waals surface area contributed by atoms with Crippen molar-refractivity contribution in [1.29, 1.82) is 0 Å². The molecule has 0 aliphatic heterocycles. The molecule has 170 valence electrons. The summed E-state index contributed by atoms with van der Waals surface area (Å²) in [4.78, 5) is 0.00906. The highest BCUT2D eigenvalue weighted by Gasteiger charge is 2.17. The molecule has 0 aliphatic carbocycles. The Kier molecular flexibility index (Phi) is 8.10. The van der Waals surface area contributed by atoms with Gasteiger partial charge in [0.2, 0.25) is 0 Å². The number of nitrogens with two attached hydrogens (primary N) is 2.